The second-order valence-electron chi connectivity index (χ2n) is 16.7. The summed E-state index contributed by atoms with van der Waals surface area (Å²) in [6.07, 6.45) is 64.2. The number of carbonyl (C=O) groups is 3. The predicted molar refractivity (Wildman–Crippen MR) is 265 cm³/mol. The van der Waals surface area contributed by atoms with E-state index in [9.17, 15) is 14.4 Å². The summed E-state index contributed by atoms with van der Waals surface area (Å²) in [4.78, 5) is 38.0. The Bertz CT molecular complexity index is 1220. The van der Waals surface area contributed by atoms with Crippen LogP contribution in [-0.2, 0) is 28.6 Å². The fraction of sp³-hybridized carbons (Fsp3) is 0.696. The van der Waals surface area contributed by atoms with Crippen LogP contribution < -0.4 is 0 Å². The van der Waals surface area contributed by atoms with Crippen LogP contribution in [0.25, 0.3) is 0 Å². The number of rotatable bonds is 45. The molecule has 6 heteroatoms. The summed E-state index contributed by atoms with van der Waals surface area (Å²) in [6, 6.07) is 0. The van der Waals surface area contributed by atoms with Crippen LogP contribution in [-0.4, -0.2) is 37.2 Å². The number of unbranched alkanes of at least 4 members (excludes halogenated alkanes) is 20. The summed E-state index contributed by atoms with van der Waals surface area (Å²) in [5, 5.41) is 0. The van der Waals surface area contributed by atoms with Crippen molar-refractivity contribution in [3.63, 3.8) is 0 Å². The van der Waals surface area contributed by atoms with Crippen molar-refractivity contribution in [2.24, 2.45) is 0 Å². The smallest absolute Gasteiger partial charge is 0.306 e. The molecule has 6 nitrogen and oxygen atoms in total. The van der Waals surface area contributed by atoms with E-state index in [-0.39, 0.29) is 31.1 Å². The van der Waals surface area contributed by atoms with E-state index in [1.165, 1.54) is 51.4 Å². The zero-order chi connectivity index (χ0) is 45.1. The minimum Gasteiger partial charge on any atom is -0.462 e. The zero-order valence-corrected chi connectivity index (χ0v) is 40.4. The molecule has 0 fully saturated rings. The Morgan fingerprint density at radius 1 is 0.339 bits per heavy atom. The Kier molecular flexibility index (Phi) is 47.5. The summed E-state index contributed by atoms with van der Waals surface area (Å²) >= 11 is 0. The topological polar surface area (TPSA) is 78.9 Å². The van der Waals surface area contributed by atoms with E-state index >= 15 is 0 Å². The van der Waals surface area contributed by atoms with Crippen molar-refractivity contribution in [3.05, 3.63) is 85.1 Å². The maximum atomic E-state index is 12.8. The summed E-state index contributed by atoms with van der Waals surface area (Å²) in [7, 11) is 0. The van der Waals surface area contributed by atoms with E-state index in [0.717, 1.165) is 141 Å². The summed E-state index contributed by atoms with van der Waals surface area (Å²) in [5.74, 6) is -0.938. The van der Waals surface area contributed by atoms with Crippen LogP contribution in [0.3, 0.4) is 0 Å². The molecule has 0 saturated heterocycles. The van der Waals surface area contributed by atoms with Crippen LogP contribution >= 0.6 is 0 Å². The molecular weight excluding hydrogens is 769 g/mol. The Balaban J connectivity index is 4.46. The first-order chi connectivity index (χ1) is 30.5. The van der Waals surface area contributed by atoms with Crippen molar-refractivity contribution in [1.29, 1.82) is 0 Å². The predicted octanol–water partition coefficient (Wildman–Crippen LogP) is 16.8. The lowest BCUT2D eigenvalue weighted by atomic mass is 10.1. The minimum atomic E-state index is -0.796. The number of ether oxygens (including phenoxy) is 3. The highest BCUT2D eigenvalue weighted by atomic mass is 16.6. The lowest BCUT2D eigenvalue weighted by molar-refractivity contribution is -0.167. The van der Waals surface area contributed by atoms with Crippen LogP contribution in [0.5, 0.6) is 0 Å². The van der Waals surface area contributed by atoms with Crippen LogP contribution in [0.15, 0.2) is 85.1 Å². The molecule has 0 saturated carbocycles. The summed E-state index contributed by atoms with van der Waals surface area (Å²) < 4.78 is 16.8. The normalized spacial score (nSPS) is 12.8. The largest absolute Gasteiger partial charge is 0.462 e. The fourth-order valence-electron chi connectivity index (χ4n) is 6.82. The van der Waals surface area contributed by atoms with Crippen molar-refractivity contribution in [3.8, 4) is 0 Å². The van der Waals surface area contributed by atoms with Gasteiger partial charge < -0.3 is 14.2 Å². The van der Waals surface area contributed by atoms with Crippen LogP contribution in [0, 0.1) is 0 Å². The van der Waals surface area contributed by atoms with Gasteiger partial charge in [-0.2, -0.15) is 0 Å². The Hall–Kier alpha value is -3.41. The molecule has 0 N–H and O–H groups in total. The molecule has 354 valence electrons. The quantitative estimate of drug-likeness (QED) is 0.0263. The molecule has 0 aliphatic rings. The summed E-state index contributed by atoms with van der Waals surface area (Å²) in [5.41, 5.74) is 0. The van der Waals surface area contributed by atoms with E-state index in [2.05, 4.69) is 106 Å². The Morgan fingerprint density at radius 3 is 1.00 bits per heavy atom. The number of esters is 3. The molecule has 0 spiro atoms. The first-order valence-electron chi connectivity index (χ1n) is 25.6. The van der Waals surface area contributed by atoms with Crippen molar-refractivity contribution >= 4 is 17.9 Å². The maximum Gasteiger partial charge on any atom is 0.306 e. The first kappa shape index (κ1) is 58.6. The molecule has 62 heavy (non-hydrogen) atoms. The van der Waals surface area contributed by atoms with Crippen molar-refractivity contribution in [1.82, 2.24) is 0 Å². The Labute approximate surface area is 382 Å². The van der Waals surface area contributed by atoms with E-state index in [4.69, 9.17) is 14.2 Å². The first-order valence-corrected chi connectivity index (χ1v) is 25.6. The van der Waals surface area contributed by atoms with Crippen LogP contribution in [0.1, 0.15) is 233 Å². The molecular formula is C56H94O6. The SMILES string of the molecule is CC/C=C\C/C=C\C/C=C\CCCCCCCC(=O)OCC(COC(=O)CCCCCCC/C=C\CCCCCCC)OC(=O)CCCCCCC/C=C\C/C=C\C/C=C\CC. The van der Waals surface area contributed by atoms with Gasteiger partial charge in [0.1, 0.15) is 13.2 Å². The van der Waals surface area contributed by atoms with Gasteiger partial charge in [0.25, 0.3) is 0 Å². The molecule has 1 unspecified atom stereocenters. The molecule has 0 amide bonds. The summed E-state index contributed by atoms with van der Waals surface area (Å²) in [6.45, 7) is 6.36. The lowest BCUT2D eigenvalue weighted by Gasteiger charge is -2.18. The molecule has 0 radical (unpaired) electrons. The van der Waals surface area contributed by atoms with E-state index in [1.807, 2.05) is 0 Å². The van der Waals surface area contributed by atoms with Gasteiger partial charge in [-0.3, -0.25) is 14.4 Å². The van der Waals surface area contributed by atoms with E-state index < -0.39 is 6.10 Å². The molecule has 1 atom stereocenters. The molecule has 0 aliphatic heterocycles. The van der Waals surface area contributed by atoms with Crippen molar-refractivity contribution in [2.45, 2.75) is 239 Å². The lowest BCUT2D eigenvalue weighted by Crippen LogP contribution is -2.30. The molecule has 0 aromatic rings. The van der Waals surface area contributed by atoms with Crippen molar-refractivity contribution in [2.75, 3.05) is 13.2 Å². The standard InChI is InChI=1S/C56H94O6/c1-4-7-10-13-16-19-22-25-28-31-34-37-40-43-46-49-55(58)61-52-53(51-60-54(57)48-45-42-39-36-33-30-27-24-21-18-15-12-9-6-3)62-56(59)50-47-44-41-38-35-32-29-26-23-20-17-14-11-8-5-2/h7-8,10-11,16-17,19-20,24-29,53H,4-6,9,12-15,18,21-23,30-52H2,1-3H3/b10-7-,11-8-,19-16-,20-17-,27-24-,28-25-,29-26-. The average molecular weight is 863 g/mol. The van der Waals surface area contributed by atoms with E-state index in [1.54, 1.807) is 0 Å². The van der Waals surface area contributed by atoms with Gasteiger partial charge >= 0.3 is 17.9 Å². The second-order valence-corrected chi connectivity index (χ2v) is 16.7. The maximum absolute atomic E-state index is 12.8. The average Bonchev–Trinajstić information content (AvgIpc) is 3.27. The van der Waals surface area contributed by atoms with Gasteiger partial charge in [0.15, 0.2) is 6.10 Å². The second kappa shape index (κ2) is 50.2. The molecule has 0 aliphatic carbocycles. The third-order valence-electron chi connectivity index (χ3n) is 10.6. The van der Waals surface area contributed by atoms with Gasteiger partial charge in [-0.1, -0.05) is 189 Å². The molecule has 0 aromatic carbocycles. The highest BCUT2D eigenvalue weighted by molar-refractivity contribution is 5.71. The highest BCUT2D eigenvalue weighted by Crippen LogP contribution is 2.13. The van der Waals surface area contributed by atoms with Crippen LogP contribution in [0.4, 0.5) is 0 Å². The van der Waals surface area contributed by atoms with Crippen LogP contribution in [0.2, 0.25) is 0 Å². The van der Waals surface area contributed by atoms with E-state index in [0.29, 0.717) is 19.3 Å². The number of allylic oxidation sites excluding steroid dienone is 14. The minimum absolute atomic E-state index is 0.0942. The molecule has 0 bridgehead atoms. The number of carbonyl (C=O) groups excluding carboxylic acids is 3. The monoisotopic (exact) mass is 863 g/mol. The third kappa shape index (κ3) is 47.6. The Morgan fingerprint density at radius 2 is 0.629 bits per heavy atom. The molecule has 0 rings (SSSR count). The van der Waals surface area contributed by atoms with Crippen molar-refractivity contribution < 1.29 is 28.6 Å². The fourth-order valence-corrected chi connectivity index (χ4v) is 6.82. The van der Waals surface area contributed by atoms with Gasteiger partial charge in [0.05, 0.1) is 0 Å². The highest BCUT2D eigenvalue weighted by Gasteiger charge is 2.19. The molecule has 0 heterocycles. The number of hydrogen-bond donors (Lipinski definition) is 0. The molecule has 0 aromatic heterocycles. The zero-order valence-electron chi connectivity index (χ0n) is 40.4. The number of hydrogen-bond acceptors (Lipinski definition) is 6. The third-order valence-corrected chi connectivity index (χ3v) is 10.6. The van der Waals surface area contributed by atoms with Gasteiger partial charge in [-0.05, 0) is 109 Å². The van der Waals surface area contributed by atoms with Gasteiger partial charge in [-0.15, -0.1) is 0 Å². The van der Waals surface area contributed by atoms with Gasteiger partial charge in [0, 0.05) is 19.3 Å². The van der Waals surface area contributed by atoms with Gasteiger partial charge in [0.2, 0.25) is 0 Å². The van der Waals surface area contributed by atoms with Gasteiger partial charge in [-0.25, -0.2) is 0 Å².